The van der Waals surface area contributed by atoms with E-state index in [0.717, 1.165) is 12.7 Å². The van der Waals surface area contributed by atoms with Crippen LogP contribution < -0.4 is 5.32 Å². The second-order valence-corrected chi connectivity index (χ2v) is 8.67. The third-order valence-electron chi connectivity index (χ3n) is 6.77. The van der Waals surface area contributed by atoms with Gasteiger partial charge in [0.2, 0.25) is 0 Å². The van der Waals surface area contributed by atoms with E-state index in [1.165, 1.54) is 90.5 Å². The molecule has 4 fully saturated rings. The fourth-order valence-electron chi connectivity index (χ4n) is 5.27. The zero-order chi connectivity index (χ0) is 20.1. The van der Waals surface area contributed by atoms with Crippen LogP contribution in [0.3, 0.4) is 0 Å². The number of rotatable bonds is 3. The summed E-state index contributed by atoms with van der Waals surface area (Å²) in [6, 6.07) is 7.80. The van der Waals surface area contributed by atoms with Gasteiger partial charge in [-0.15, -0.1) is 0 Å². The first-order valence-electron chi connectivity index (χ1n) is 11.4. The summed E-state index contributed by atoms with van der Waals surface area (Å²) >= 11 is 0. The second-order valence-electron chi connectivity index (χ2n) is 8.67. The van der Waals surface area contributed by atoms with Crippen LogP contribution in [0.15, 0.2) is 24.3 Å². The molecule has 1 aromatic carbocycles. The molecule has 4 saturated heterocycles. The van der Waals surface area contributed by atoms with Crippen LogP contribution in [0, 0.1) is 0 Å². The van der Waals surface area contributed by atoms with E-state index in [1.54, 1.807) is 0 Å². The van der Waals surface area contributed by atoms with E-state index >= 15 is 0 Å². The van der Waals surface area contributed by atoms with Gasteiger partial charge in [-0.1, -0.05) is 12.1 Å². The summed E-state index contributed by atoms with van der Waals surface area (Å²) in [7, 11) is 1.42. The highest BCUT2D eigenvalue weighted by atomic mass is 16.5. The van der Waals surface area contributed by atoms with Crippen molar-refractivity contribution in [3.8, 4) is 0 Å². The molecule has 29 heavy (non-hydrogen) atoms. The van der Waals surface area contributed by atoms with Crippen molar-refractivity contribution in [3.05, 3.63) is 35.4 Å². The molecule has 6 heteroatoms. The number of fused-ring (bicyclic) bond motifs is 2. The van der Waals surface area contributed by atoms with Gasteiger partial charge in [0.1, 0.15) is 0 Å². The number of methoxy groups -OCH3 is 1. The van der Waals surface area contributed by atoms with Crippen LogP contribution in [0.25, 0.3) is 0 Å². The van der Waals surface area contributed by atoms with Crippen molar-refractivity contribution in [1.82, 2.24) is 20.0 Å². The highest BCUT2D eigenvalue weighted by molar-refractivity contribution is 5.89. The summed E-state index contributed by atoms with van der Waals surface area (Å²) in [4.78, 5) is 19.2. The number of nitrogens with zero attached hydrogens (tertiary/aromatic N) is 3. The summed E-state index contributed by atoms with van der Waals surface area (Å²) in [5.41, 5.74) is 1.89. The molecule has 2 unspecified atom stereocenters. The largest absolute Gasteiger partial charge is 0.465 e. The number of benzene rings is 1. The third kappa shape index (κ3) is 5.18. The minimum Gasteiger partial charge on any atom is -0.465 e. The molecule has 4 aliphatic heterocycles. The molecular formula is C23H36N4O2. The van der Waals surface area contributed by atoms with Crippen LogP contribution in [0.1, 0.15) is 54.4 Å². The molecule has 1 aromatic rings. The minimum atomic E-state index is -0.267. The van der Waals surface area contributed by atoms with Crippen LogP contribution in [-0.2, 0) is 11.3 Å². The van der Waals surface area contributed by atoms with Crippen molar-refractivity contribution in [2.24, 2.45) is 0 Å². The van der Waals surface area contributed by atoms with Crippen molar-refractivity contribution in [1.29, 1.82) is 0 Å². The highest BCUT2D eigenvalue weighted by Gasteiger charge is 2.32. The second kappa shape index (κ2) is 10.0. The highest BCUT2D eigenvalue weighted by Crippen LogP contribution is 2.26. The van der Waals surface area contributed by atoms with Gasteiger partial charge in [0.05, 0.1) is 25.0 Å². The Kier molecular flexibility index (Phi) is 7.19. The van der Waals surface area contributed by atoms with Crippen molar-refractivity contribution in [2.75, 3.05) is 46.4 Å². The fraction of sp³-hybridized carbons (Fsp3) is 0.696. The molecule has 0 bridgehead atoms. The number of nitrogens with one attached hydrogen (secondary N) is 1. The average molecular weight is 401 g/mol. The van der Waals surface area contributed by atoms with Gasteiger partial charge in [-0.2, -0.15) is 0 Å². The molecule has 4 aliphatic rings. The molecule has 0 saturated carbocycles. The fourth-order valence-corrected chi connectivity index (χ4v) is 5.27. The maximum Gasteiger partial charge on any atom is 0.337 e. The van der Waals surface area contributed by atoms with Crippen LogP contribution in [0.2, 0.25) is 0 Å². The van der Waals surface area contributed by atoms with Crippen molar-refractivity contribution < 1.29 is 9.53 Å². The first-order chi connectivity index (χ1) is 14.2. The molecule has 6 nitrogen and oxygen atoms in total. The monoisotopic (exact) mass is 400 g/mol. The predicted octanol–water partition coefficient (Wildman–Crippen LogP) is 2.50. The van der Waals surface area contributed by atoms with E-state index in [-0.39, 0.29) is 5.97 Å². The lowest BCUT2D eigenvalue weighted by atomic mass is 10.1. The number of hydrogen-bond donors (Lipinski definition) is 1. The number of carbonyl (C=O) groups excluding carboxylic acids is 1. The van der Waals surface area contributed by atoms with Crippen molar-refractivity contribution in [2.45, 2.75) is 57.4 Å². The topological polar surface area (TPSA) is 48.1 Å². The Morgan fingerprint density at radius 2 is 1.69 bits per heavy atom. The van der Waals surface area contributed by atoms with E-state index in [2.05, 4.69) is 20.0 Å². The van der Waals surface area contributed by atoms with E-state index in [1.807, 2.05) is 24.3 Å². The van der Waals surface area contributed by atoms with Gasteiger partial charge in [-0.05, 0) is 75.9 Å². The SMILES string of the molecule is C1CNC2CCCN2C1.COC(=O)c1ccc(CN2CCCN3CCCC32)cc1. The van der Waals surface area contributed by atoms with Crippen LogP contribution >= 0.6 is 0 Å². The smallest absolute Gasteiger partial charge is 0.337 e. The molecule has 160 valence electrons. The third-order valence-corrected chi connectivity index (χ3v) is 6.77. The number of carbonyl (C=O) groups is 1. The van der Waals surface area contributed by atoms with Gasteiger partial charge in [-0.25, -0.2) is 4.79 Å². The maximum atomic E-state index is 11.4. The Bertz CT molecular complexity index is 653. The number of ether oxygens (including phenoxy) is 1. The van der Waals surface area contributed by atoms with Gasteiger partial charge in [0.15, 0.2) is 0 Å². The molecule has 2 atom stereocenters. The van der Waals surface area contributed by atoms with Crippen LogP contribution in [-0.4, -0.2) is 79.4 Å². The molecule has 0 radical (unpaired) electrons. The summed E-state index contributed by atoms with van der Waals surface area (Å²) in [6.07, 6.45) is 9.37. The molecule has 5 rings (SSSR count). The zero-order valence-corrected chi connectivity index (χ0v) is 17.8. The molecule has 4 heterocycles. The molecule has 1 N–H and O–H groups in total. The van der Waals surface area contributed by atoms with Gasteiger partial charge in [0.25, 0.3) is 0 Å². The normalized spacial score (nSPS) is 27.6. The lowest BCUT2D eigenvalue weighted by molar-refractivity contribution is 0.0286. The lowest BCUT2D eigenvalue weighted by Gasteiger charge is -2.40. The van der Waals surface area contributed by atoms with E-state index in [0.29, 0.717) is 11.7 Å². The first-order valence-corrected chi connectivity index (χ1v) is 11.4. The summed E-state index contributed by atoms with van der Waals surface area (Å²) in [5.74, 6) is -0.267. The summed E-state index contributed by atoms with van der Waals surface area (Å²) < 4.78 is 4.73. The van der Waals surface area contributed by atoms with Crippen molar-refractivity contribution >= 4 is 5.97 Å². The standard InChI is InChI=1S/C16H22N2O2.C7H14N2/c1-20-16(19)14-7-5-13(6-8-14)12-18-11-3-10-17-9-2-4-15(17)18;1-3-7-8-4-2-6-9(7)5-1/h5-8,15H,2-4,9-12H2,1H3;7-8H,1-6H2. The molecule has 0 aromatic heterocycles. The van der Waals surface area contributed by atoms with Gasteiger partial charge >= 0.3 is 5.97 Å². The average Bonchev–Trinajstić information content (AvgIpc) is 3.44. The first kappa shape index (κ1) is 20.8. The minimum absolute atomic E-state index is 0.267. The van der Waals surface area contributed by atoms with Crippen molar-refractivity contribution in [3.63, 3.8) is 0 Å². The Morgan fingerprint density at radius 1 is 0.966 bits per heavy atom. The van der Waals surface area contributed by atoms with Gasteiger partial charge < -0.3 is 10.1 Å². The van der Waals surface area contributed by atoms with Gasteiger partial charge in [0, 0.05) is 26.2 Å². The predicted molar refractivity (Wildman–Crippen MR) is 115 cm³/mol. The molecule has 0 amide bonds. The molecule has 0 aliphatic carbocycles. The summed E-state index contributed by atoms with van der Waals surface area (Å²) in [5, 5.41) is 3.51. The number of hydrogen-bond acceptors (Lipinski definition) is 6. The quantitative estimate of drug-likeness (QED) is 0.787. The van der Waals surface area contributed by atoms with Gasteiger partial charge in [-0.3, -0.25) is 14.7 Å². The maximum absolute atomic E-state index is 11.4. The molecular weight excluding hydrogens is 364 g/mol. The molecule has 0 spiro atoms. The number of esters is 1. The van der Waals surface area contributed by atoms with Crippen LogP contribution in [0.4, 0.5) is 0 Å². The lowest BCUT2D eigenvalue weighted by Crippen LogP contribution is -2.49. The van der Waals surface area contributed by atoms with E-state index in [9.17, 15) is 4.79 Å². The Balaban J connectivity index is 0.000000188. The Hall–Kier alpha value is -1.47. The van der Waals surface area contributed by atoms with E-state index in [4.69, 9.17) is 4.74 Å². The van der Waals surface area contributed by atoms with E-state index < -0.39 is 0 Å². The summed E-state index contributed by atoms with van der Waals surface area (Å²) in [6.45, 7) is 8.56. The Labute approximate surface area is 175 Å². The Morgan fingerprint density at radius 3 is 2.48 bits per heavy atom. The van der Waals surface area contributed by atoms with Crippen LogP contribution in [0.5, 0.6) is 0 Å². The zero-order valence-electron chi connectivity index (χ0n) is 17.8.